The van der Waals surface area contributed by atoms with Gasteiger partial charge in [0.1, 0.15) is 34.2 Å². The van der Waals surface area contributed by atoms with Gasteiger partial charge in [0.2, 0.25) is 0 Å². The van der Waals surface area contributed by atoms with Crippen LogP contribution < -0.4 is 34.4 Å². The lowest BCUT2D eigenvalue weighted by Crippen LogP contribution is -2.36. The van der Waals surface area contributed by atoms with Crippen LogP contribution in [0.5, 0.6) is 28.7 Å². The Labute approximate surface area is 226 Å². The number of ether oxygens (including phenoxy) is 3. The molecule has 1 atom stereocenters. The summed E-state index contributed by atoms with van der Waals surface area (Å²) in [6.07, 6.45) is 0. The highest BCUT2D eigenvalue weighted by atomic mass is 32.2. The summed E-state index contributed by atoms with van der Waals surface area (Å²) in [6.45, 7) is 3.75. The van der Waals surface area contributed by atoms with Crippen molar-refractivity contribution >= 4 is 34.5 Å². The van der Waals surface area contributed by atoms with Crippen LogP contribution in [0.3, 0.4) is 0 Å². The smallest absolute Gasteiger partial charge is 0.339 e. The molecule has 39 heavy (non-hydrogen) atoms. The van der Waals surface area contributed by atoms with Crippen LogP contribution in [0.25, 0.3) is 0 Å². The molecule has 1 radical (unpaired) electrons. The Bertz CT molecular complexity index is 1350. The lowest BCUT2D eigenvalue weighted by Gasteiger charge is -2.22. The van der Waals surface area contributed by atoms with Gasteiger partial charge in [0.25, 0.3) is 17.2 Å². The predicted octanol–water partition coefficient (Wildman–Crippen LogP) is 3.61. The molecule has 13 nitrogen and oxygen atoms in total. The zero-order valence-electron chi connectivity index (χ0n) is 21.1. The minimum atomic E-state index is -2.78. The summed E-state index contributed by atoms with van der Waals surface area (Å²) in [6, 6.07) is 12.5. The van der Waals surface area contributed by atoms with Gasteiger partial charge in [-0.3, -0.25) is 9.35 Å². The van der Waals surface area contributed by atoms with E-state index >= 15 is 0 Å². The average molecular weight is 561 g/mol. The highest BCUT2D eigenvalue weighted by molar-refractivity contribution is 7.80. The molecule has 0 spiro atoms. The van der Waals surface area contributed by atoms with E-state index in [0.29, 0.717) is 15.7 Å². The first-order valence-corrected chi connectivity index (χ1v) is 12.5. The molecule has 3 aromatic carbocycles. The second-order valence-electron chi connectivity index (χ2n) is 7.53. The first-order chi connectivity index (χ1) is 18.7. The maximum Gasteiger partial charge on any atom is 0.339 e. The molecule has 0 saturated heterocycles. The quantitative estimate of drug-likeness (QED) is 0.178. The molecule has 207 valence electrons. The van der Waals surface area contributed by atoms with Gasteiger partial charge in [-0.2, -0.15) is 0 Å². The molecule has 0 aliphatic heterocycles. The van der Waals surface area contributed by atoms with E-state index in [1.807, 2.05) is 0 Å². The number of rotatable bonds is 13. The molecule has 0 aliphatic rings. The lowest BCUT2D eigenvalue weighted by atomic mass is 10.2. The number of hydrogen-bond donors (Lipinski definition) is 4. The Morgan fingerprint density at radius 3 is 2.21 bits per heavy atom. The van der Waals surface area contributed by atoms with E-state index in [1.54, 1.807) is 38.1 Å². The third-order valence-electron chi connectivity index (χ3n) is 5.03. The fourth-order valence-corrected chi connectivity index (χ4v) is 3.66. The van der Waals surface area contributed by atoms with E-state index in [2.05, 4.69) is 10.9 Å². The number of carboxylic acids is 1. The third-order valence-corrected chi connectivity index (χ3v) is 5.59. The van der Waals surface area contributed by atoms with Gasteiger partial charge < -0.3 is 34.6 Å². The van der Waals surface area contributed by atoms with E-state index in [1.165, 1.54) is 25.3 Å². The minimum absolute atomic E-state index is 0.0534. The van der Waals surface area contributed by atoms with Crippen LogP contribution in [0.2, 0.25) is 0 Å². The van der Waals surface area contributed by atoms with Gasteiger partial charge in [-0.15, -0.1) is 4.41 Å². The van der Waals surface area contributed by atoms with Gasteiger partial charge in [0.15, 0.2) is 5.75 Å². The molecule has 0 aromatic heterocycles. The van der Waals surface area contributed by atoms with E-state index in [-0.39, 0.29) is 41.8 Å². The topological polar surface area (TPSA) is 178 Å². The Kier molecular flexibility index (Phi) is 9.92. The summed E-state index contributed by atoms with van der Waals surface area (Å²) in [4.78, 5) is 29.3. The molecule has 0 heterocycles. The van der Waals surface area contributed by atoms with Crippen molar-refractivity contribution < 1.29 is 47.6 Å². The minimum Gasteiger partial charge on any atom is -0.507 e. The fraction of sp³-hybridized carbons (Fsp3) is 0.200. The van der Waals surface area contributed by atoms with E-state index < -0.39 is 34.5 Å². The summed E-state index contributed by atoms with van der Waals surface area (Å²) >= 11 is -2.78. The maximum atomic E-state index is 12.9. The van der Waals surface area contributed by atoms with Gasteiger partial charge in [0, 0.05) is 23.8 Å². The number of carbonyl (C=O) groups is 2. The van der Waals surface area contributed by atoms with Crippen molar-refractivity contribution in [2.24, 2.45) is 0 Å². The van der Waals surface area contributed by atoms with Crippen molar-refractivity contribution in [1.29, 1.82) is 0 Å². The SMILES string of the molecule is CCOc1cc(N([N]Oc2ccc(O)c(C(=O)O)c2)S(=O)O)c(OCC)cc1NC(=O)c1ccc(OC)cc1. The molecule has 4 N–H and O–H groups in total. The van der Waals surface area contributed by atoms with Crippen LogP contribution in [0.15, 0.2) is 54.6 Å². The number of amides is 1. The second-order valence-corrected chi connectivity index (χ2v) is 8.33. The summed E-state index contributed by atoms with van der Waals surface area (Å²) in [5.74, 6) is -1.71. The summed E-state index contributed by atoms with van der Waals surface area (Å²) < 4.78 is 39.2. The number of methoxy groups -OCH3 is 1. The molecule has 14 heteroatoms. The van der Waals surface area contributed by atoms with Crippen LogP contribution in [-0.4, -0.2) is 51.2 Å². The van der Waals surface area contributed by atoms with Crippen LogP contribution in [0.4, 0.5) is 11.4 Å². The summed E-state index contributed by atoms with van der Waals surface area (Å²) in [5.41, 5.74) is 3.72. The van der Waals surface area contributed by atoms with Gasteiger partial charge in [-0.05, 0) is 50.2 Å². The molecule has 0 aliphatic carbocycles. The van der Waals surface area contributed by atoms with E-state index in [0.717, 1.165) is 12.1 Å². The van der Waals surface area contributed by atoms with Crippen molar-refractivity contribution in [3.05, 3.63) is 65.7 Å². The monoisotopic (exact) mass is 560 g/mol. The van der Waals surface area contributed by atoms with Gasteiger partial charge in [0.05, 0.1) is 31.6 Å². The van der Waals surface area contributed by atoms with E-state index in [9.17, 15) is 28.6 Å². The number of phenols is 1. The average Bonchev–Trinajstić information content (AvgIpc) is 2.91. The second kappa shape index (κ2) is 13.3. The molecule has 0 bridgehead atoms. The molecular formula is C25H26N3O10S. The molecule has 1 amide bonds. The Hall–Kier alpha value is -4.53. The van der Waals surface area contributed by atoms with Crippen molar-refractivity contribution in [2.45, 2.75) is 13.8 Å². The number of benzene rings is 3. The highest BCUT2D eigenvalue weighted by Crippen LogP contribution is 2.39. The van der Waals surface area contributed by atoms with Crippen LogP contribution in [0, 0.1) is 0 Å². The Morgan fingerprint density at radius 1 is 0.974 bits per heavy atom. The van der Waals surface area contributed by atoms with Crippen molar-refractivity contribution in [3.8, 4) is 28.7 Å². The molecule has 1 unspecified atom stereocenters. The van der Waals surface area contributed by atoms with Crippen molar-refractivity contribution in [1.82, 2.24) is 5.59 Å². The Morgan fingerprint density at radius 2 is 1.62 bits per heavy atom. The molecule has 3 rings (SSSR count). The normalized spacial score (nSPS) is 11.3. The van der Waals surface area contributed by atoms with E-state index in [4.69, 9.17) is 19.0 Å². The third kappa shape index (κ3) is 7.28. The number of aromatic hydroxyl groups is 1. The number of aromatic carboxylic acids is 1. The molecule has 0 saturated carbocycles. The molecule has 3 aromatic rings. The highest BCUT2D eigenvalue weighted by Gasteiger charge is 2.25. The van der Waals surface area contributed by atoms with Crippen LogP contribution in [-0.2, 0) is 11.3 Å². The number of carbonyl (C=O) groups excluding carboxylic acids is 1. The van der Waals surface area contributed by atoms with Gasteiger partial charge in [-0.25, -0.2) is 9.00 Å². The number of hydrogen-bond acceptors (Lipinski definition) is 8. The molecular weight excluding hydrogens is 534 g/mol. The largest absolute Gasteiger partial charge is 0.507 e. The number of anilines is 2. The van der Waals surface area contributed by atoms with Gasteiger partial charge in [-0.1, -0.05) is 0 Å². The number of nitrogens with zero attached hydrogens (tertiary/aromatic N) is 2. The van der Waals surface area contributed by atoms with Crippen LogP contribution in [0.1, 0.15) is 34.6 Å². The van der Waals surface area contributed by atoms with Crippen LogP contribution >= 0.6 is 0 Å². The van der Waals surface area contributed by atoms with Gasteiger partial charge >= 0.3 is 5.97 Å². The van der Waals surface area contributed by atoms with Crippen molar-refractivity contribution in [3.63, 3.8) is 0 Å². The zero-order valence-corrected chi connectivity index (χ0v) is 21.9. The lowest BCUT2D eigenvalue weighted by molar-refractivity contribution is 0.0692. The Balaban J connectivity index is 1.95. The predicted molar refractivity (Wildman–Crippen MR) is 141 cm³/mol. The fourth-order valence-electron chi connectivity index (χ4n) is 3.26. The summed E-state index contributed by atoms with van der Waals surface area (Å²) in [7, 11) is 1.51. The first kappa shape index (κ1) is 29.0. The van der Waals surface area contributed by atoms with Crippen molar-refractivity contribution in [2.75, 3.05) is 30.1 Å². The zero-order chi connectivity index (χ0) is 28.5. The standard InChI is InChI=1S/C25H26N3O10S/c1-4-36-22-14-20(28(39(33)34)27-38-17-10-11-21(29)18(12-17)25(31)32)23(37-5-2)13-19(22)26-24(30)15-6-8-16(35-3)9-7-15/h6-14,29H,4-5H2,1-3H3,(H,26,30)(H,31,32)(H,33,34). The maximum absolute atomic E-state index is 12.9. The number of nitrogens with one attached hydrogen (secondary N) is 1. The molecule has 0 fully saturated rings. The first-order valence-electron chi connectivity index (χ1n) is 11.4. The summed E-state index contributed by atoms with van der Waals surface area (Å²) in [5, 5.41) is 21.6. The number of carboxylic acid groups (broad SMARTS) is 1.